The standard InChI is InChI=1S/C11H11Cl/c12-11(8-9-11)7-6-10-4-2-1-3-5-10/h1-7H,8-9H2. The molecule has 0 N–H and O–H groups in total. The highest BCUT2D eigenvalue weighted by molar-refractivity contribution is 6.27. The molecule has 0 aromatic heterocycles. The van der Waals surface area contributed by atoms with Crippen molar-refractivity contribution < 1.29 is 0 Å². The van der Waals surface area contributed by atoms with Gasteiger partial charge in [-0.1, -0.05) is 42.5 Å². The molecule has 1 aromatic rings. The number of hydrogen-bond acceptors (Lipinski definition) is 0. The maximum Gasteiger partial charge on any atom is 0.0630 e. The molecule has 0 saturated heterocycles. The Morgan fingerprint density at radius 3 is 2.42 bits per heavy atom. The molecule has 0 atom stereocenters. The van der Waals surface area contributed by atoms with Crippen molar-refractivity contribution >= 4 is 17.7 Å². The van der Waals surface area contributed by atoms with Gasteiger partial charge in [-0.3, -0.25) is 0 Å². The summed E-state index contributed by atoms with van der Waals surface area (Å²) in [4.78, 5) is -0.00413. The number of halogens is 1. The summed E-state index contributed by atoms with van der Waals surface area (Å²) >= 11 is 6.11. The van der Waals surface area contributed by atoms with E-state index in [-0.39, 0.29) is 4.87 Å². The molecule has 1 heteroatoms. The Labute approximate surface area is 77.9 Å². The minimum absolute atomic E-state index is 0.00413. The van der Waals surface area contributed by atoms with Crippen LogP contribution in [0.1, 0.15) is 18.4 Å². The minimum Gasteiger partial charge on any atom is -0.115 e. The van der Waals surface area contributed by atoms with Crippen LogP contribution in [-0.2, 0) is 0 Å². The topological polar surface area (TPSA) is 0 Å². The average molecular weight is 179 g/mol. The van der Waals surface area contributed by atoms with E-state index in [1.54, 1.807) is 0 Å². The third-order valence-corrected chi connectivity index (χ3v) is 2.61. The minimum atomic E-state index is -0.00413. The van der Waals surface area contributed by atoms with Gasteiger partial charge in [-0.05, 0) is 18.4 Å². The molecule has 0 nitrogen and oxygen atoms in total. The molecule has 0 amide bonds. The van der Waals surface area contributed by atoms with E-state index in [2.05, 4.69) is 24.3 Å². The highest BCUT2D eigenvalue weighted by atomic mass is 35.5. The van der Waals surface area contributed by atoms with Crippen LogP contribution in [0.3, 0.4) is 0 Å². The average Bonchev–Trinajstić information content (AvgIpc) is 2.84. The van der Waals surface area contributed by atoms with Gasteiger partial charge in [0, 0.05) is 0 Å². The lowest BCUT2D eigenvalue weighted by Gasteiger charge is -1.95. The molecule has 0 radical (unpaired) electrons. The van der Waals surface area contributed by atoms with Crippen molar-refractivity contribution in [2.75, 3.05) is 0 Å². The van der Waals surface area contributed by atoms with Crippen LogP contribution in [0.5, 0.6) is 0 Å². The van der Waals surface area contributed by atoms with Gasteiger partial charge in [0.1, 0.15) is 0 Å². The summed E-state index contributed by atoms with van der Waals surface area (Å²) in [5.74, 6) is 0. The molecule has 62 valence electrons. The fourth-order valence-corrected chi connectivity index (χ4v) is 1.25. The molecule has 1 saturated carbocycles. The van der Waals surface area contributed by atoms with E-state index in [4.69, 9.17) is 11.6 Å². The number of rotatable bonds is 2. The van der Waals surface area contributed by atoms with Gasteiger partial charge >= 0.3 is 0 Å². The zero-order valence-corrected chi connectivity index (χ0v) is 7.59. The van der Waals surface area contributed by atoms with Crippen LogP contribution in [0.25, 0.3) is 6.08 Å². The normalized spacial score (nSPS) is 19.8. The fourth-order valence-electron chi connectivity index (χ4n) is 1.10. The Morgan fingerprint density at radius 2 is 1.83 bits per heavy atom. The molecule has 2 rings (SSSR count). The maximum absolute atomic E-state index is 6.11. The summed E-state index contributed by atoms with van der Waals surface area (Å²) in [5, 5.41) is 0. The van der Waals surface area contributed by atoms with Gasteiger partial charge in [0.15, 0.2) is 0 Å². The van der Waals surface area contributed by atoms with E-state index >= 15 is 0 Å². The van der Waals surface area contributed by atoms with Gasteiger partial charge in [-0.25, -0.2) is 0 Å². The Hall–Kier alpha value is -0.750. The summed E-state index contributed by atoms with van der Waals surface area (Å²) in [6, 6.07) is 10.3. The predicted molar refractivity (Wildman–Crippen MR) is 53.3 cm³/mol. The van der Waals surface area contributed by atoms with Crippen LogP contribution in [0.15, 0.2) is 36.4 Å². The summed E-state index contributed by atoms with van der Waals surface area (Å²) < 4.78 is 0. The van der Waals surface area contributed by atoms with Crippen LogP contribution < -0.4 is 0 Å². The van der Waals surface area contributed by atoms with Gasteiger partial charge in [-0.15, -0.1) is 11.6 Å². The highest BCUT2D eigenvalue weighted by Crippen LogP contribution is 2.44. The SMILES string of the molecule is ClC1(C=Cc2ccccc2)CC1. The van der Waals surface area contributed by atoms with E-state index in [0.29, 0.717) is 0 Å². The van der Waals surface area contributed by atoms with Crippen LogP contribution in [-0.4, -0.2) is 4.87 Å². The third kappa shape index (κ3) is 1.89. The lowest BCUT2D eigenvalue weighted by molar-refractivity contribution is 1.19. The summed E-state index contributed by atoms with van der Waals surface area (Å²) in [7, 11) is 0. The quantitative estimate of drug-likeness (QED) is 0.609. The second-order valence-corrected chi connectivity index (χ2v) is 4.03. The Morgan fingerprint density at radius 1 is 1.17 bits per heavy atom. The molecule has 0 heterocycles. The van der Waals surface area contributed by atoms with E-state index in [1.807, 2.05) is 18.2 Å². The second kappa shape index (κ2) is 2.95. The van der Waals surface area contributed by atoms with E-state index in [0.717, 1.165) is 12.8 Å². The molecule has 0 spiro atoms. The van der Waals surface area contributed by atoms with Gasteiger partial charge < -0.3 is 0 Å². The monoisotopic (exact) mass is 178 g/mol. The van der Waals surface area contributed by atoms with Gasteiger partial charge in [-0.2, -0.15) is 0 Å². The maximum atomic E-state index is 6.11. The van der Waals surface area contributed by atoms with Crippen molar-refractivity contribution in [2.45, 2.75) is 17.7 Å². The number of benzene rings is 1. The fraction of sp³-hybridized carbons (Fsp3) is 0.273. The zero-order chi connectivity index (χ0) is 8.44. The van der Waals surface area contributed by atoms with Crippen molar-refractivity contribution in [3.05, 3.63) is 42.0 Å². The molecule has 1 fully saturated rings. The number of alkyl halides is 1. The van der Waals surface area contributed by atoms with Crippen LogP contribution >= 0.6 is 11.6 Å². The molecule has 0 aliphatic heterocycles. The predicted octanol–water partition coefficient (Wildman–Crippen LogP) is 3.47. The molecule has 1 aromatic carbocycles. The molecular formula is C11H11Cl. The summed E-state index contributed by atoms with van der Waals surface area (Å²) in [5.41, 5.74) is 1.23. The van der Waals surface area contributed by atoms with Crippen molar-refractivity contribution in [3.8, 4) is 0 Å². The van der Waals surface area contributed by atoms with Crippen molar-refractivity contribution in [1.29, 1.82) is 0 Å². The Balaban J connectivity index is 2.08. The van der Waals surface area contributed by atoms with E-state index in [9.17, 15) is 0 Å². The number of hydrogen-bond donors (Lipinski definition) is 0. The highest BCUT2D eigenvalue weighted by Gasteiger charge is 2.37. The van der Waals surface area contributed by atoms with Crippen LogP contribution in [0.4, 0.5) is 0 Å². The summed E-state index contributed by atoms with van der Waals surface area (Å²) in [6.07, 6.45) is 6.44. The lowest BCUT2D eigenvalue weighted by atomic mass is 10.2. The van der Waals surface area contributed by atoms with Crippen molar-refractivity contribution in [2.24, 2.45) is 0 Å². The first kappa shape index (κ1) is 7.88. The second-order valence-electron chi connectivity index (χ2n) is 3.28. The smallest absolute Gasteiger partial charge is 0.0630 e. The van der Waals surface area contributed by atoms with Crippen molar-refractivity contribution in [3.63, 3.8) is 0 Å². The van der Waals surface area contributed by atoms with Gasteiger partial charge in [0.2, 0.25) is 0 Å². The van der Waals surface area contributed by atoms with Crippen molar-refractivity contribution in [1.82, 2.24) is 0 Å². The first-order valence-electron chi connectivity index (χ1n) is 4.22. The van der Waals surface area contributed by atoms with Crippen LogP contribution in [0, 0.1) is 0 Å². The first-order chi connectivity index (χ1) is 5.79. The van der Waals surface area contributed by atoms with Gasteiger partial charge in [0.25, 0.3) is 0 Å². The Bertz CT molecular complexity index is 283. The molecule has 1 aliphatic carbocycles. The first-order valence-corrected chi connectivity index (χ1v) is 4.60. The molecule has 12 heavy (non-hydrogen) atoms. The number of allylic oxidation sites excluding steroid dienone is 1. The Kier molecular flexibility index (Phi) is 1.93. The van der Waals surface area contributed by atoms with Gasteiger partial charge in [0.05, 0.1) is 4.87 Å². The van der Waals surface area contributed by atoms with E-state index < -0.39 is 0 Å². The molecular weight excluding hydrogens is 168 g/mol. The van der Waals surface area contributed by atoms with E-state index in [1.165, 1.54) is 5.56 Å². The zero-order valence-electron chi connectivity index (χ0n) is 6.83. The molecule has 1 aliphatic rings. The largest absolute Gasteiger partial charge is 0.115 e. The lowest BCUT2D eigenvalue weighted by Crippen LogP contribution is -1.87. The molecule has 0 bridgehead atoms. The van der Waals surface area contributed by atoms with Crippen LogP contribution in [0.2, 0.25) is 0 Å². The third-order valence-electron chi connectivity index (χ3n) is 2.10. The summed E-state index contributed by atoms with van der Waals surface area (Å²) in [6.45, 7) is 0. The molecule has 0 unspecified atom stereocenters.